The Hall–Kier alpha value is -4.85. The number of carbonyl (C=O) groups excluding carboxylic acids is 2. The summed E-state index contributed by atoms with van der Waals surface area (Å²) >= 11 is 1.15. The van der Waals surface area contributed by atoms with Crippen molar-refractivity contribution in [1.82, 2.24) is 14.8 Å². The number of nitrogens with zero attached hydrogens (tertiary/aromatic N) is 5. The number of rotatable bonds is 9. The highest BCUT2D eigenvalue weighted by molar-refractivity contribution is 8.15. The highest BCUT2D eigenvalue weighted by Crippen LogP contribution is 2.34. The molecule has 0 bridgehead atoms. The molecule has 44 heavy (non-hydrogen) atoms. The average Bonchev–Trinajstić information content (AvgIpc) is 3.61. The normalized spacial score (nSPS) is 15.0. The van der Waals surface area contributed by atoms with Crippen LogP contribution >= 0.6 is 11.8 Å². The molecule has 1 unspecified atom stereocenters. The lowest BCUT2D eigenvalue weighted by Crippen LogP contribution is -2.30. The first-order chi connectivity index (χ1) is 21.1. The molecule has 1 fully saturated rings. The van der Waals surface area contributed by atoms with Crippen LogP contribution in [0.2, 0.25) is 0 Å². The number of halogens is 3. The number of alkyl halides is 3. The molecule has 0 N–H and O–H groups in total. The van der Waals surface area contributed by atoms with Gasteiger partial charge in [-0.25, -0.2) is 14.5 Å². The molecule has 5 rings (SSSR count). The minimum Gasteiger partial charge on any atom is -0.492 e. The first-order valence-corrected chi connectivity index (χ1v) is 14.4. The zero-order valence-electron chi connectivity index (χ0n) is 23.5. The topological polar surface area (TPSA) is 108 Å². The van der Waals surface area contributed by atoms with Crippen LogP contribution in [0.1, 0.15) is 19.4 Å². The molecule has 3 aromatic carbocycles. The van der Waals surface area contributed by atoms with Gasteiger partial charge in [0.1, 0.15) is 23.9 Å². The molecule has 2 heterocycles. The van der Waals surface area contributed by atoms with E-state index in [1.165, 1.54) is 40.2 Å². The summed E-state index contributed by atoms with van der Waals surface area (Å²) in [5, 5.41) is 4.63. The number of hydrogen-bond acceptors (Lipinski definition) is 8. The van der Waals surface area contributed by atoms with Gasteiger partial charge >= 0.3 is 12.5 Å². The molecule has 0 aliphatic carbocycles. The molecule has 14 heteroatoms. The van der Waals surface area contributed by atoms with E-state index in [1.807, 2.05) is 31.2 Å². The Morgan fingerprint density at radius 3 is 2.50 bits per heavy atom. The second-order valence-electron chi connectivity index (χ2n) is 9.46. The fraction of sp³-hybridized carbons (Fsp3) is 0.233. The van der Waals surface area contributed by atoms with Gasteiger partial charge in [-0.3, -0.25) is 9.69 Å². The van der Waals surface area contributed by atoms with Crippen molar-refractivity contribution in [3.8, 4) is 28.6 Å². The van der Waals surface area contributed by atoms with Gasteiger partial charge in [-0.1, -0.05) is 48.2 Å². The van der Waals surface area contributed by atoms with Gasteiger partial charge < -0.3 is 14.2 Å². The van der Waals surface area contributed by atoms with E-state index < -0.39 is 18.6 Å². The third kappa shape index (κ3) is 7.56. The third-order valence-corrected chi connectivity index (χ3v) is 7.15. The van der Waals surface area contributed by atoms with Crippen LogP contribution in [0.25, 0.3) is 17.1 Å². The van der Waals surface area contributed by atoms with E-state index >= 15 is 0 Å². The van der Waals surface area contributed by atoms with Crippen molar-refractivity contribution < 1.29 is 37.0 Å². The molecule has 2 amide bonds. The van der Waals surface area contributed by atoms with Gasteiger partial charge in [-0.2, -0.15) is 4.99 Å². The molecule has 4 aromatic rings. The monoisotopic (exact) mass is 625 g/mol. The highest BCUT2D eigenvalue weighted by atomic mass is 32.2. The van der Waals surface area contributed by atoms with Crippen LogP contribution in [0.3, 0.4) is 0 Å². The first-order valence-electron chi connectivity index (χ1n) is 13.4. The van der Waals surface area contributed by atoms with Gasteiger partial charge in [-0.15, -0.1) is 18.3 Å². The first kappa shape index (κ1) is 30.6. The van der Waals surface area contributed by atoms with Crippen molar-refractivity contribution in [2.75, 3.05) is 17.3 Å². The zero-order valence-corrected chi connectivity index (χ0v) is 24.3. The standard InChI is InChI=1S/C30H26F3N5O5S/c1-3-41-25-7-5-4-6-24(25)38-26(39)17-44-28(38)35-29(40)42-19(2)16-20-8-10-21(11-9-20)27-34-18-37(36-27)22-12-14-23(15-13-22)43-30(31,32)33/h4-15,18-19H,3,16-17H2,1-2H3/b35-28-. The van der Waals surface area contributed by atoms with Crippen molar-refractivity contribution in [3.63, 3.8) is 0 Å². The van der Waals surface area contributed by atoms with E-state index in [-0.39, 0.29) is 22.6 Å². The van der Waals surface area contributed by atoms with Crippen LogP contribution < -0.4 is 14.4 Å². The van der Waals surface area contributed by atoms with Crippen molar-refractivity contribution >= 4 is 34.6 Å². The maximum Gasteiger partial charge on any atom is 0.573 e. The molecular weight excluding hydrogens is 599 g/mol. The Labute approximate surface area is 254 Å². The summed E-state index contributed by atoms with van der Waals surface area (Å²) in [6.07, 6.45) is -4.21. The Morgan fingerprint density at radius 2 is 1.80 bits per heavy atom. The van der Waals surface area contributed by atoms with Gasteiger partial charge in [0, 0.05) is 12.0 Å². The fourth-order valence-corrected chi connectivity index (χ4v) is 5.21. The number of benzene rings is 3. The van der Waals surface area contributed by atoms with Crippen molar-refractivity contribution in [3.05, 3.63) is 84.7 Å². The summed E-state index contributed by atoms with van der Waals surface area (Å²) in [5.74, 6) is 0.530. The summed E-state index contributed by atoms with van der Waals surface area (Å²) in [5.41, 5.74) is 2.63. The van der Waals surface area contributed by atoms with Crippen molar-refractivity contribution in [1.29, 1.82) is 0 Å². The number of amides is 2. The summed E-state index contributed by atoms with van der Waals surface area (Å²) in [7, 11) is 0. The van der Waals surface area contributed by atoms with Gasteiger partial charge in [0.25, 0.3) is 0 Å². The van der Waals surface area contributed by atoms with Crippen molar-refractivity contribution in [2.45, 2.75) is 32.7 Å². The van der Waals surface area contributed by atoms with Crippen LogP contribution in [-0.4, -0.2) is 56.8 Å². The maximum atomic E-state index is 12.7. The SMILES string of the molecule is CCOc1ccccc1N1C(=O)CS/C1=N\C(=O)OC(C)Cc1ccc(-c2ncn(-c3ccc(OC(F)(F)F)cc3)n2)cc1. The van der Waals surface area contributed by atoms with Crippen LogP contribution in [0.4, 0.5) is 23.7 Å². The predicted molar refractivity (Wildman–Crippen MR) is 158 cm³/mol. The van der Waals surface area contributed by atoms with E-state index in [4.69, 9.17) is 9.47 Å². The molecule has 0 radical (unpaired) electrons. The molecular formula is C30H26F3N5O5S. The smallest absolute Gasteiger partial charge is 0.492 e. The number of para-hydroxylation sites is 2. The van der Waals surface area contributed by atoms with Gasteiger partial charge in [0.2, 0.25) is 5.91 Å². The molecule has 1 aromatic heterocycles. The van der Waals surface area contributed by atoms with E-state index in [0.29, 0.717) is 36.0 Å². The summed E-state index contributed by atoms with van der Waals surface area (Å²) in [4.78, 5) is 35.0. The fourth-order valence-electron chi connectivity index (χ4n) is 4.36. The number of aliphatic imine (C=N–C) groups is 1. The largest absolute Gasteiger partial charge is 0.573 e. The van der Waals surface area contributed by atoms with Crippen molar-refractivity contribution in [2.24, 2.45) is 4.99 Å². The molecule has 1 aliphatic heterocycles. The average molecular weight is 626 g/mol. The second-order valence-corrected chi connectivity index (χ2v) is 10.4. The summed E-state index contributed by atoms with van der Waals surface area (Å²) in [6.45, 7) is 4.01. The Kier molecular flexibility index (Phi) is 9.18. The minimum absolute atomic E-state index is 0.144. The molecule has 1 aliphatic rings. The Morgan fingerprint density at radius 1 is 1.07 bits per heavy atom. The number of hydrogen-bond donors (Lipinski definition) is 0. The second kappa shape index (κ2) is 13.2. The zero-order chi connectivity index (χ0) is 31.3. The highest BCUT2D eigenvalue weighted by Gasteiger charge is 2.33. The van der Waals surface area contributed by atoms with E-state index in [1.54, 1.807) is 31.2 Å². The van der Waals surface area contributed by atoms with Crippen LogP contribution in [0.5, 0.6) is 11.5 Å². The summed E-state index contributed by atoms with van der Waals surface area (Å²) in [6, 6.07) is 19.7. The van der Waals surface area contributed by atoms with E-state index in [0.717, 1.165) is 22.9 Å². The molecule has 0 saturated carbocycles. The van der Waals surface area contributed by atoms with Gasteiger partial charge in [0.05, 0.1) is 23.7 Å². The summed E-state index contributed by atoms with van der Waals surface area (Å²) < 4.78 is 53.7. The number of anilines is 1. The van der Waals surface area contributed by atoms with Crippen LogP contribution in [0.15, 0.2) is 84.1 Å². The van der Waals surface area contributed by atoms with E-state index in [9.17, 15) is 22.8 Å². The Balaban J connectivity index is 1.19. The Bertz CT molecular complexity index is 1660. The van der Waals surface area contributed by atoms with Gasteiger partial charge in [-0.05, 0) is 55.8 Å². The number of amidine groups is 1. The lowest BCUT2D eigenvalue weighted by molar-refractivity contribution is -0.274. The minimum atomic E-state index is -4.77. The van der Waals surface area contributed by atoms with Gasteiger partial charge in [0.15, 0.2) is 11.0 Å². The number of ether oxygens (including phenoxy) is 3. The third-order valence-electron chi connectivity index (χ3n) is 6.22. The van der Waals surface area contributed by atoms with Crippen LogP contribution in [-0.2, 0) is 16.0 Å². The van der Waals surface area contributed by atoms with Crippen LogP contribution in [0, 0.1) is 0 Å². The van der Waals surface area contributed by atoms with E-state index in [2.05, 4.69) is 19.8 Å². The molecule has 1 atom stereocenters. The predicted octanol–water partition coefficient (Wildman–Crippen LogP) is 6.44. The molecule has 10 nitrogen and oxygen atoms in total. The molecule has 1 saturated heterocycles. The molecule has 0 spiro atoms. The number of aromatic nitrogens is 3. The lowest BCUT2D eigenvalue weighted by Gasteiger charge is -2.19. The maximum absolute atomic E-state index is 12.7. The quantitative estimate of drug-likeness (QED) is 0.209. The molecule has 228 valence electrons. The number of thioether (sulfide) groups is 1. The number of carbonyl (C=O) groups is 2. The lowest BCUT2D eigenvalue weighted by atomic mass is 10.1.